The summed E-state index contributed by atoms with van der Waals surface area (Å²) in [6, 6.07) is 9.17. The minimum atomic E-state index is 0.0964. The molecule has 0 amide bonds. The van der Waals surface area contributed by atoms with Crippen LogP contribution in [-0.4, -0.2) is 42.9 Å². The molecule has 0 saturated heterocycles. The van der Waals surface area contributed by atoms with Crippen molar-refractivity contribution in [2.75, 3.05) is 27.8 Å². The molecule has 1 aliphatic rings. The third-order valence-electron chi connectivity index (χ3n) is 4.73. The highest BCUT2D eigenvalue weighted by Gasteiger charge is 2.30. The molecule has 0 radical (unpaired) electrons. The topological polar surface area (TPSA) is 62.2 Å². The number of nitrogens with zero attached hydrogens (tertiary/aromatic N) is 1. The van der Waals surface area contributed by atoms with Crippen molar-refractivity contribution in [3.63, 3.8) is 0 Å². The average Bonchev–Trinajstić information content (AvgIpc) is 2.58. The quantitative estimate of drug-likeness (QED) is 0.903. The number of benzene rings is 2. The van der Waals surface area contributed by atoms with E-state index in [0.717, 1.165) is 36.1 Å². The second-order valence-corrected chi connectivity index (χ2v) is 6.15. The summed E-state index contributed by atoms with van der Waals surface area (Å²) in [4.78, 5) is 2.28. The van der Waals surface area contributed by atoms with Gasteiger partial charge >= 0.3 is 0 Å². The molecule has 2 aromatic carbocycles. The number of hydrogen-bond acceptors (Lipinski definition) is 5. The van der Waals surface area contributed by atoms with Crippen LogP contribution in [-0.2, 0) is 12.8 Å². The van der Waals surface area contributed by atoms with E-state index in [9.17, 15) is 10.2 Å². The number of hydrogen-bond donors (Lipinski definition) is 2. The highest BCUT2D eigenvalue weighted by atomic mass is 16.5. The molecule has 0 saturated carbocycles. The second-order valence-electron chi connectivity index (χ2n) is 6.15. The van der Waals surface area contributed by atoms with Gasteiger partial charge in [-0.1, -0.05) is 12.1 Å². The maximum atomic E-state index is 10.3. The minimum absolute atomic E-state index is 0.0964. The Hall–Kier alpha value is -2.40. The van der Waals surface area contributed by atoms with Crippen LogP contribution >= 0.6 is 0 Å². The van der Waals surface area contributed by atoms with Crippen molar-refractivity contribution in [3.8, 4) is 23.0 Å². The number of rotatable bonds is 4. The molecule has 2 N–H and O–H groups in total. The Bertz CT molecular complexity index is 727. The Morgan fingerprint density at radius 2 is 1.75 bits per heavy atom. The summed E-state index contributed by atoms with van der Waals surface area (Å²) in [6.45, 7) is 0.903. The lowest BCUT2D eigenvalue weighted by molar-refractivity contribution is 0.224. The maximum Gasteiger partial charge on any atom is 0.203 e. The summed E-state index contributed by atoms with van der Waals surface area (Å²) in [6.07, 6.45) is 1.64. The fourth-order valence-electron chi connectivity index (χ4n) is 3.46. The predicted molar refractivity (Wildman–Crippen MR) is 92.1 cm³/mol. The van der Waals surface area contributed by atoms with E-state index in [1.165, 1.54) is 7.11 Å². The fraction of sp³-hybridized carbons (Fsp3) is 0.368. The third kappa shape index (κ3) is 2.87. The normalized spacial score (nSPS) is 17.4. The van der Waals surface area contributed by atoms with Crippen LogP contribution in [0, 0.1) is 0 Å². The van der Waals surface area contributed by atoms with Gasteiger partial charge in [0.15, 0.2) is 11.5 Å². The summed E-state index contributed by atoms with van der Waals surface area (Å²) in [5, 5.41) is 19.8. The lowest BCUT2D eigenvalue weighted by atomic mass is 9.88. The first kappa shape index (κ1) is 16.5. The van der Waals surface area contributed by atoms with Crippen LogP contribution in [0.4, 0.5) is 0 Å². The summed E-state index contributed by atoms with van der Waals surface area (Å²) >= 11 is 0. The summed E-state index contributed by atoms with van der Waals surface area (Å²) < 4.78 is 10.8. The van der Waals surface area contributed by atoms with E-state index >= 15 is 0 Å². The number of fused-ring (bicyclic) bond motifs is 1. The van der Waals surface area contributed by atoms with Crippen LogP contribution in [0.5, 0.6) is 23.0 Å². The predicted octanol–water partition coefficient (Wildman–Crippen LogP) is 2.89. The van der Waals surface area contributed by atoms with Gasteiger partial charge in [0.2, 0.25) is 5.75 Å². The molecule has 1 unspecified atom stereocenters. The van der Waals surface area contributed by atoms with Gasteiger partial charge in [0.25, 0.3) is 0 Å². The Labute approximate surface area is 142 Å². The number of phenolic OH excluding ortho intramolecular Hbond substituents is 2. The largest absolute Gasteiger partial charge is 0.508 e. The standard InChI is InChI=1S/C19H23NO4/c1-20-9-8-14-15(11-17(22)19(24-3)18(14)23-2)16(20)10-12-4-6-13(21)7-5-12/h4-7,11,16,21-22H,8-10H2,1-3H3. The Balaban J connectivity index is 2.03. The van der Waals surface area contributed by atoms with Gasteiger partial charge in [-0.05, 0) is 49.2 Å². The first-order valence-electron chi connectivity index (χ1n) is 8.00. The van der Waals surface area contributed by atoms with Crippen molar-refractivity contribution in [1.82, 2.24) is 4.90 Å². The molecule has 0 bridgehead atoms. The molecule has 24 heavy (non-hydrogen) atoms. The number of aromatic hydroxyl groups is 2. The summed E-state index contributed by atoms with van der Waals surface area (Å²) in [5.41, 5.74) is 3.28. The van der Waals surface area contributed by atoms with Gasteiger partial charge in [0, 0.05) is 18.2 Å². The summed E-state index contributed by atoms with van der Waals surface area (Å²) in [7, 11) is 5.22. The zero-order valence-corrected chi connectivity index (χ0v) is 14.2. The lowest BCUT2D eigenvalue weighted by Crippen LogP contribution is -2.33. The van der Waals surface area contributed by atoms with Crippen molar-refractivity contribution in [2.45, 2.75) is 18.9 Å². The van der Waals surface area contributed by atoms with Gasteiger partial charge in [-0.25, -0.2) is 0 Å². The Morgan fingerprint density at radius 1 is 1.08 bits per heavy atom. The molecular weight excluding hydrogens is 306 g/mol. The van der Waals surface area contributed by atoms with Crippen molar-refractivity contribution in [2.24, 2.45) is 0 Å². The second kappa shape index (κ2) is 6.61. The van der Waals surface area contributed by atoms with Gasteiger partial charge in [0.05, 0.1) is 14.2 Å². The molecule has 0 fully saturated rings. The van der Waals surface area contributed by atoms with Crippen LogP contribution in [0.15, 0.2) is 30.3 Å². The van der Waals surface area contributed by atoms with E-state index in [-0.39, 0.29) is 17.5 Å². The monoisotopic (exact) mass is 329 g/mol. The summed E-state index contributed by atoms with van der Waals surface area (Å²) in [5.74, 6) is 1.37. The molecule has 2 aromatic rings. The highest BCUT2D eigenvalue weighted by molar-refractivity contribution is 5.60. The Kier molecular flexibility index (Phi) is 4.53. The van der Waals surface area contributed by atoms with E-state index in [4.69, 9.17) is 9.47 Å². The van der Waals surface area contributed by atoms with Crippen LogP contribution in [0.1, 0.15) is 22.7 Å². The molecular formula is C19H23NO4. The van der Waals surface area contributed by atoms with Crippen LogP contribution in [0.25, 0.3) is 0 Å². The highest BCUT2D eigenvalue weighted by Crippen LogP contribution is 2.46. The zero-order chi connectivity index (χ0) is 17.3. The number of ether oxygens (including phenoxy) is 2. The maximum absolute atomic E-state index is 10.3. The molecule has 5 heteroatoms. The van der Waals surface area contributed by atoms with Gasteiger partial charge in [-0.2, -0.15) is 0 Å². The van der Waals surface area contributed by atoms with Crippen molar-refractivity contribution in [1.29, 1.82) is 0 Å². The van der Waals surface area contributed by atoms with Crippen LogP contribution in [0.3, 0.4) is 0 Å². The first-order valence-corrected chi connectivity index (χ1v) is 8.00. The third-order valence-corrected chi connectivity index (χ3v) is 4.73. The van der Waals surface area contributed by atoms with Crippen molar-refractivity contribution < 1.29 is 19.7 Å². The van der Waals surface area contributed by atoms with E-state index < -0.39 is 0 Å². The van der Waals surface area contributed by atoms with E-state index in [2.05, 4.69) is 11.9 Å². The molecule has 1 heterocycles. The van der Waals surface area contributed by atoms with Gasteiger partial charge < -0.3 is 19.7 Å². The van der Waals surface area contributed by atoms with E-state index in [1.54, 1.807) is 25.3 Å². The molecule has 0 spiro atoms. The van der Waals surface area contributed by atoms with Crippen LogP contribution in [0.2, 0.25) is 0 Å². The molecule has 0 aliphatic carbocycles. The first-order chi connectivity index (χ1) is 11.5. The van der Waals surface area contributed by atoms with Crippen molar-refractivity contribution >= 4 is 0 Å². The van der Waals surface area contributed by atoms with Crippen LogP contribution < -0.4 is 9.47 Å². The molecule has 128 valence electrons. The van der Waals surface area contributed by atoms with Gasteiger partial charge in [-0.3, -0.25) is 4.90 Å². The number of phenols is 2. The average molecular weight is 329 g/mol. The molecule has 3 rings (SSSR count). The fourth-order valence-corrected chi connectivity index (χ4v) is 3.46. The smallest absolute Gasteiger partial charge is 0.203 e. The van der Waals surface area contributed by atoms with E-state index in [0.29, 0.717) is 11.5 Å². The Morgan fingerprint density at radius 3 is 2.38 bits per heavy atom. The van der Waals surface area contributed by atoms with Gasteiger partial charge in [0.1, 0.15) is 5.75 Å². The number of methoxy groups -OCH3 is 2. The van der Waals surface area contributed by atoms with E-state index in [1.807, 2.05) is 12.1 Å². The molecule has 1 atom stereocenters. The SMILES string of the molecule is COc1c(O)cc2c(c1OC)CCN(C)C2Cc1ccc(O)cc1. The molecule has 5 nitrogen and oxygen atoms in total. The molecule has 0 aromatic heterocycles. The zero-order valence-electron chi connectivity index (χ0n) is 14.2. The van der Waals surface area contributed by atoms with Gasteiger partial charge in [-0.15, -0.1) is 0 Å². The lowest BCUT2D eigenvalue weighted by Gasteiger charge is -2.36. The molecule has 1 aliphatic heterocycles. The number of likely N-dealkylation sites (N-methyl/N-ethyl adjacent to an activating group) is 1. The minimum Gasteiger partial charge on any atom is -0.508 e. The van der Waals surface area contributed by atoms with Crippen molar-refractivity contribution in [3.05, 3.63) is 47.0 Å².